The number of nitrogens with zero attached hydrogens (tertiary/aromatic N) is 1. The first-order valence-corrected chi connectivity index (χ1v) is 4.78. The first-order chi connectivity index (χ1) is 6.79. The van der Waals surface area contributed by atoms with E-state index in [1.807, 2.05) is 0 Å². The van der Waals surface area contributed by atoms with Gasteiger partial charge in [0.15, 0.2) is 0 Å². The third-order valence-electron chi connectivity index (χ3n) is 1.90. The van der Waals surface area contributed by atoms with Crippen LogP contribution in [-0.4, -0.2) is 18.4 Å². The topological polar surface area (TPSA) is 39.2 Å². The molecular weight excluding hydrogens is 202 g/mol. The minimum Gasteiger partial charge on any atom is -0.481 e. The van der Waals surface area contributed by atoms with Gasteiger partial charge >= 0.3 is 0 Å². The second kappa shape index (κ2) is 5.60. The molecule has 1 aromatic heterocycles. The molecule has 0 spiro atoms. The summed E-state index contributed by atoms with van der Waals surface area (Å²) in [5.41, 5.74) is 0.874. The van der Waals surface area contributed by atoms with Gasteiger partial charge in [-0.25, -0.2) is 4.98 Å². The second-order valence-electron chi connectivity index (χ2n) is 2.84. The molecule has 0 aliphatic rings. The van der Waals surface area contributed by atoms with E-state index < -0.39 is 0 Å². The molecule has 0 bridgehead atoms. The van der Waals surface area contributed by atoms with E-state index in [0.29, 0.717) is 23.7 Å². The summed E-state index contributed by atoms with van der Waals surface area (Å²) in [5.74, 6) is 0.545. The Bertz CT molecular complexity index is 315. The molecule has 1 heterocycles. The predicted molar refractivity (Wildman–Crippen MR) is 54.8 cm³/mol. The SMILES string of the molecule is COc1nccc(Cl)c1CCCC=O. The van der Waals surface area contributed by atoms with Gasteiger partial charge in [0.1, 0.15) is 6.29 Å². The standard InChI is InChI=1S/C10H12ClNO2/c1-14-10-8(4-2-3-7-13)9(11)5-6-12-10/h5-7H,2-4H2,1H3. The number of halogens is 1. The van der Waals surface area contributed by atoms with Crippen LogP contribution in [0.3, 0.4) is 0 Å². The fraction of sp³-hybridized carbons (Fsp3) is 0.400. The number of rotatable bonds is 5. The van der Waals surface area contributed by atoms with Crippen molar-refractivity contribution in [1.82, 2.24) is 4.98 Å². The van der Waals surface area contributed by atoms with E-state index in [1.165, 1.54) is 0 Å². The van der Waals surface area contributed by atoms with Gasteiger partial charge in [-0.2, -0.15) is 0 Å². The molecule has 0 aromatic carbocycles. The molecule has 0 aliphatic heterocycles. The summed E-state index contributed by atoms with van der Waals surface area (Å²) >= 11 is 5.98. The van der Waals surface area contributed by atoms with Crippen molar-refractivity contribution in [3.63, 3.8) is 0 Å². The summed E-state index contributed by atoms with van der Waals surface area (Å²) in [5, 5.41) is 0.641. The average Bonchev–Trinajstić information content (AvgIpc) is 2.20. The summed E-state index contributed by atoms with van der Waals surface area (Å²) in [7, 11) is 1.56. The van der Waals surface area contributed by atoms with Gasteiger partial charge in [-0.3, -0.25) is 0 Å². The molecule has 4 heteroatoms. The second-order valence-corrected chi connectivity index (χ2v) is 3.25. The Hall–Kier alpha value is -1.09. The minimum atomic E-state index is 0.536. The summed E-state index contributed by atoms with van der Waals surface area (Å²) < 4.78 is 5.07. The quantitative estimate of drug-likeness (QED) is 0.557. The van der Waals surface area contributed by atoms with Crippen LogP contribution in [0.2, 0.25) is 5.02 Å². The zero-order valence-electron chi connectivity index (χ0n) is 8.00. The smallest absolute Gasteiger partial charge is 0.217 e. The Kier molecular flexibility index (Phi) is 4.40. The van der Waals surface area contributed by atoms with E-state index in [4.69, 9.17) is 16.3 Å². The van der Waals surface area contributed by atoms with Gasteiger partial charge in [0.05, 0.1) is 12.1 Å². The number of pyridine rings is 1. The maximum Gasteiger partial charge on any atom is 0.217 e. The molecule has 76 valence electrons. The van der Waals surface area contributed by atoms with Crippen molar-refractivity contribution in [2.45, 2.75) is 19.3 Å². The Morgan fingerprint density at radius 3 is 3.07 bits per heavy atom. The van der Waals surface area contributed by atoms with Crippen LogP contribution in [-0.2, 0) is 11.2 Å². The third kappa shape index (κ3) is 2.70. The highest BCUT2D eigenvalue weighted by Crippen LogP contribution is 2.25. The van der Waals surface area contributed by atoms with Crippen LogP contribution < -0.4 is 4.74 Å². The van der Waals surface area contributed by atoms with Crippen LogP contribution >= 0.6 is 11.6 Å². The molecule has 0 aliphatic carbocycles. The molecule has 0 unspecified atom stereocenters. The molecular formula is C10H12ClNO2. The molecule has 0 radical (unpaired) electrons. The lowest BCUT2D eigenvalue weighted by molar-refractivity contribution is -0.107. The average molecular weight is 214 g/mol. The van der Waals surface area contributed by atoms with E-state index in [0.717, 1.165) is 18.3 Å². The Labute approximate surface area is 88.1 Å². The van der Waals surface area contributed by atoms with E-state index in [1.54, 1.807) is 19.4 Å². The van der Waals surface area contributed by atoms with Crippen molar-refractivity contribution in [2.75, 3.05) is 7.11 Å². The van der Waals surface area contributed by atoms with E-state index in [-0.39, 0.29) is 0 Å². The fourth-order valence-electron chi connectivity index (χ4n) is 1.22. The molecule has 0 saturated heterocycles. The fourth-order valence-corrected chi connectivity index (χ4v) is 1.45. The number of aldehydes is 1. The van der Waals surface area contributed by atoms with Crippen molar-refractivity contribution >= 4 is 17.9 Å². The van der Waals surface area contributed by atoms with Gasteiger partial charge in [0, 0.05) is 18.2 Å². The molecule has 3 nitrogen and oxygen atoms in total. The molecule has 0 amide bonds. The van der Waals surface area contributed by atoms with Gasteiger partial charge in [0.25, 0.3) is 0 Å². The maximum atomic E-state index is 10.2. The predicted octanol–water partition coefficient (Wildman–Crippen LogP) is 2.27. The number of hydrogen-bond donors (Lipinski definition) is 0. The summed E-state index contributed by atoms with van der Waals surface area (Å²) in [6.45, 7) is 0. The highest BCUT2D eigenvalue weighted by atomic mass is 35.5. The number of carbonyl (C=O) groups excluding carboxylic acids is 1. The van der Waals surface area contributed by atoms with Crippen molar-refractivity contribution in [1.29, 1.82) is 0 Å². The maximum absolute atomic E-state index is 10.2. The zero-order valence-corrected chi connectivity index (χ0v) is 8.75. The molecule has 1 aromatic rings. The van der Waals surface area contributed by atoms with Crippen molar-refractivity contribution in [3.05, 3.63) is 22.8 Å². The highest BCUT2D eigenvalue weighted by molar-refractivity contribution is 6.31. The number of hydrogen-bond acceptors (Lipinski definition) is 3. The Morgan fingerprint density at radius 1 is 1.64 bits per heavy atom. The van der Waals surface area contributed by atoms with Gasteiger partial charge in [-0.15, -0.1) is 0 Å². The normalized spacial score (nSPS) is 9.86. The summed E-state index contributed by atoms with van der Waals surface area (Å²) in [6.07, 6.45) is 4.52. The Morgan fingerprint density at radius 2 is 2.43 bits per heavy atom. The minimum absolute atomic E-state index is 0.536. The van der Waals surface area contributed by atoms with E-state index in [2.05, 4.69) is 4.98 Å². The lowest BCUT2D eigenvalue weighted by Crippen LogP contribution is -1.96. The first kappa shape index (κ1) is 11.0. The lowest BCUT2D eigenvalue weighted by Gasteiger charge is -2.07. The van der Waals surface area contributed by atoms with Crippen LogP contribution in [0.1, 0.15) is 18.4 Å². The van der Waals surface area contributed by atoms with E-state index >= 15 is 0 Å². The van der Waals surface area contributed by atoms with Crippen molar-refractivity contribution < 1.29 is 9.53 Å². The van der Waals surface area contributed by atoms with Crippen molar-refractivity contribution in [3.8, 4) is 5.88 Å². The van der Waals surface area contributed by atoms with Gasteiger partial charge in [-0.05, 0) is 18.9 Å². The number of aromatic nitrogens is 1. The van der Waals surface area contributed by atoms with Gasteiger partial charge in [-0.1, -0.05) is 11.6 Å². The van der Waals surface area contributed by atoms with E-state index in [9.17, 15) is 4.79 Å². The van der Waals surface area contributed by atoms with Crippen LogP contribution in [0.15, 0.2) is 12.3 Å². The van der Waals surface area contributed by atoms with Gasteiger partial charge in [0.2, 0.25) is 5.88 Å². The molecule has 0 atom stereocenters. The lowest BCUT2D eigenvalue weighted by atomic mass is 10.1. The summed E-state index contributed by atoms with van der Waals surface area (Å²) in [6, 6.07) is 1.72. The molecule has 0 saturated carbocycles. The molecule has 14 heavy (non-hydrogen) atoms. The monoisotopic (exact) mass is 213 g/mol. The van der Waals surface area contributed by atoms with Crippen LogP contribution in [0.4, 0.5) is 0 Å². The molecule has 0 N–H and O–H groups in total. The summed E-state index contributed by atoms with van der Waals surface area (Å²) in [4.78, 5) is 14.2. The molecule has 0 fully saturated rings. The van der Waals surface area contributed by atoms with Crippen LogP contribution in [0.25, 0.3) is 0 Å². The number of methoxy groups -OCH3 is 1. The number of unbranched alkanes of at least 4 members (excludes halogenated alkanes) is 1. The van der Waals surface area contributed by atoms with Crippen LogP contribution in [0.5, 0.6) is 5.88 Å². The Balaban J connectivity index is 2.76. The number of carbonyl (C=O) groups is 1. The molecule has 1 rings (SSSR count). The first-order valence-electron chi connectivity index (χ1n) is 4.40. The third-order valence-corrected chi connectivity index (χ3v) is 2.26. The van der Waals surface area contributed by atoms with Gasteiger partial charge < -0.3 is 9.53 Å². The zero-order chi connectivity index (χ0) is 10.4. The van der Waals surface area contributed by atoms with Crippen molar-refractivity contribution in [2.24, 2.45) is 0 Å². The largest absolute Gasteiger partial charge is 0.481 e. The van der Waals surface area contributed by atoms with Crippen LogP contribution in [0, 0.1) is 0 Å². The number of ether oxygens (including phenoxy) is 1. The highest BCUT2D eigenvalue weighted by Gasteiger charge is 2.07.